The number of hydrogen-bond acceptors (Lipinski definition) is 4. The number of hydrogen-bond donors (Lipinski definition) is 2. The highest BCUT2D eigenvalue weighted by atomic mass is 16.6. The average molecular weight is 174 g/mol. The van der Waals surface area contributed by atoms with Gasteiger partial charge in [-0.05, 0) is 6.42 Å². The molecule has 2 N–H and O–H groups in total. The van der Waals surface area contributed by atoms with Crippen molar-refractivity contribution in [3.63, 3.8) is 0 Å². The Morgan fingerprint density at radius 1 is 1.67 bits per heavy atom. The fourth-order valence-corrected chi connectivity index (χ4v) is 0.630. The molecule has 0 fully saturated rings. The first-order valence-corrected chi connectivity index (χ1v) is 3.79. The van der Waals surface area contributed by atoms with Gasteiger partial charge in [0.15, 0.2) is 0 Å². The number of carbonyl (C=O) groups is 1. The van der Waals surface area contributed by atoms with Gasteiger partial charge in [0.25, 0.3) is 0 Å². The molecule has 2 atom stereocenters. The van der Waals surface area contributed by atoms with Crippen molar-refractivity contribution in [3.8, 4) is 0 Å². The molecule has 0 aromatic carbocycles. The lowest BCUT2D eigenvalue weighted by Crippen LogP contribution is -2.22. The van der Waals surface area contributed by atoms with Crippen LogP contribution in [0.3, 0.4) is 0 Å². The molecule has 0 heterocycles. The molecule has 0 aromatic rings. The topological polar surface area (TPSA) is 66.8 Å². The molecule has 0 spiro atoms. The molecule has 0 radical (unpaired) electrons. The normalized spacial score (nSPS) is 14.9. The summed E-state index contributed by atoms with van der Waals surface area (Å²) in [5.74, 6) is -0.689. The lowest BCUT2D eigenvalue weighted by molar-refractivity contribution is -0.165. The molecule has 0 bridgehead atoms. The predicted molar refractivity (Wildman–Crippen MR) is 43.2 cm³/mol. The van der Waals surface area contributed by atoms with E-state index in [2.05, 4.69) is 11.3 Å². The van der Waals surface area contributed by atoms with Crippen molar-refractivity contribution < 1.29 is 19.7 Å². The molecular formula is C8H14O4. The smallest absolute Gasteiger partial charge is 0.332 e. The highest BCUT2D eigenvalue weighted by Crippen LogP contribution is 2.03. The second kappa shape index (κ2) is 5.74. The van der Waals surface area contributed by atoms with Crippen LogP contribution in [0.25, 0.3) is 0 Å². The van der Waals surface area contributed by atoms with E-state index in [1.54, 1.807) is 6.92 Å². The van der Waals surface area contributed by atoms with Gasteiger partial charge in [0.05, 0.1) is 6.10 Å². The standard InChI is InChI=1S/C8H14O4/c1-3-6(9)5-8(11)12-7(10)4-2/h4,6,8-9,11H,2-3,5H2,1H3. The van der Waals surface area contributed by atoms with Crippen LogP contribution in [0.4, 0.5) is 0 Å². The maximum atomic E-state index is 10.5. The van der Waals surface area contributed by atoms with E-state index in [1.165, 1.54) is 0 Å². The van der Waals surface area contributed by atoms with Crippen molar-refractivity contribution in [3.05, 3.63) is 12.7 Å². The summed E-state index contributed by atoms with van der Waals surface area (Å²) in [5, 5.41) is 18.0. The van der Waals surface area contributed by atoms with E-state index in [-0.39, 0.29) is 6.42 Å². The van der Waals surface area contributed by atoms with Crippen molar-refractivity contribution >= 4 is 5.97 Å². The number of rotatable bonds is 5. The Bertz CT molecular complexity index is 155. The minimum Gasteiger partial charge on any atom is -0.433 e. The molecule has 0 aromatic heterocycles. The van der Waals surface area contributed by atoms with Crippen LogP contribution in [0.15, 0.2) is 12.7 Å². The molecule has 0 saturated heterocycles. The Hall–Kier alpha value is -0.870. The quantitative estimate of drug-likeness (QED) is 0.355. The number of aliphatic hydroxyl groups excluding tert-OH is 2. The van der Waals surface area contributed by atoms with Gasteiger partial charge >= 0.3 is 5.97 Å². The van der Waals surface area contributed by atoms with Gasteiger partial charge in [-0.2, -0.15) is 0 Å². The highest BCUT2D eigenvalue weighted by molar-refractivity contribution is 5.81. The van der Waals surface area contributed by atoms with E-state index in [1.807, 2.05) is 0 Å². The van der Waals surface area contributed by atoms with Gasteiger partial charge in [-0.25, -0.2) is 4.79 Å². The second-order valence-corrected chi connectivity index (χ2v) is 2.39. The van der Waals surface area contributed by atoms with Gasteiger partial charge in [0, 0.05) is 12.5 Å². The van der Waals surface area contributed by atoms with Gasteiger partial charge in [-0.15, -0.1) is 0 Å². The van der Waals surface area contributed by atoms with Gasteiger partial charge in [-0.1, -0.05) is 13.5 Å². The van der Waals surface area contributed by atoms with Crippen LogP contribution < -0.4 is 0 Å². The van der Waals surface area contributed by atoms with Gasteiger partial charge in [-0.3, -0.25) is 0 Å². The molecule has 0 aliphatic heterocycles. The van der Waals surface area contributed by atoms with Crippen LogP contribution in [-0.4, -0.2) is 28.6 Å². The number of esters is 1. The maximum absolute atomic E-state index is 10.5. The van der Waals surface area contributed by atoms with E-state index in [9.17, 15) is 4.79 Å². The Morgan fingerprint density at radius 3 is 2.67 bits per heavy atom. The molecule has 0 aliphatic rings. The fourth-order valence-electron chi connectivity index (χ4n) is 0.630. The third-order valence-electron chi connectivity index (χ3n) is 1.36. The van der Waals surface area contributed by atoms with E-state index in [0.29, 0.717) is 6.42 Å². The van der Waals surface area contributed by atoms with Crippen molar-refractivity contribution in [1.82, 2.24) is 0 Å². The minimum absolute atomic E-state index is 0.0378. The van der Waals surface area contributed by atoms with Gasteiger partial charge < -0.3 is 14.9 Å². The van der Waals surface area contributed by atoms with Crippen LogP contribution in [0.2, 0.25) is 0 Å². The first-order valence-electron chi connectivity index (χ1n) is 3.79. The predicted octanol–water partition coefficient (Wildman–Crippen LogP) is 0.195. The molecular weight excluding hydrogens is 160 g/mol. The molecule has 0 aliphatic carbocycles. The maximum Gasteiger partial charge on any atom is 0.332 e. The highest BCUT2D eigenvalue weighted by Gasteiger charge is 2.12. The fraction of sp³-hybridized carbons (Fsp3) is 0.625. The van der Waals surface area contributed by atoms with Gasteiger partial charge in [0.1, 0.15) is 0 Å². The average Bonchev–Trinajstić information content (AvgIpc) is 2.03. The lowest BCUT2D eigenvalue weighted by Gasteiger charge is -2.13. The summed E-state index contributed by atoms with van der Waals surface area (Å²) in [6, 6.07) is 0. The van der Waals surface area contributed by atoms with E-state index in [4.69, 9.17) is 10.2 Å². The van der Waals surface area contributed by atoms with Crippen LogP contribution >= 0.6 is 0 Å². The van der Waals surface area contributed by atoms with E-state index < -0.39 is 18.4 Å². The third-order valence-corrected chi connectivity index (χ3v) is 1.36. The summed E-state index contributed by atoms with van der Waals surface area (Å²) >= 11 is 0. The zero-order valence-corrected chi connectivity index (χ0v) is 7.06. The number of carbonyl (C=O) groups excluding carboxylic acids is 1. The molecule has 0 amide bonds. The Kier molecular flexibility index (Phi) is 5.32. The van der Waals surface area contributed by atoms with Crippen LogP contribution in [0.1, 0.15) is 19.8 Å². The largest absolute Gasteiger partial charge is 0.433 e. The Labute approximate surface area is 71.5 Å². The summed E-state index contributed by atoms with van der Waals surface area (Å²) < 4.78 is 4.41. The van der Waals surface area contributed by atoms with Crippen LogP contribution in [0, 0.1) is 0 Å². The summed E-state index contributed by atoms with van der Waals surface area (Å²) in [7, 11) is 0. The lowest BCUT2D eigenvalue weighted by atomic mass is 10.2. The Balaban J connectivity index is 3.65. The van der Waals surface area contributed by atoms with Gasteiger partial charge in [0.2, 0.25) is 6.29 Å². The number of ether oxygens (including phenoxy) is 1. The van der Waals surface area contributed by atoms with Crippen molar-refractivity contribution in [1.29, 1.82) is 0 Å². The van der Waals surface area contributed by atoms with E-state index in [0.717, 1.165) is 6.08 Å². The molecule has 2 unspecified atom stereocenters. The summed E-state index contributed by atoms with van der Waals surface area (Å²) in [6.07, 6.45) is -0.372. The first kappa shape index (κ1) is 11.1. The monoisotopic (exact) mass is 174 g/mol. The van der Waals surface area contributed by atoms with Crippen molar-refractivity contribution in [2.24, 2.45) is 0 Å². The molecule has 70 valence electrons. The molecule has 0 saturated carbocycles. The van der Waals surface area contributed by atoms with Crippen LogP contribution in [0.5, 0.6) is 0 Å². The third kappa shape index (κ3) is 4.87. The number of aliphatic hydroxyl groups is 2. The van der Waals surface area contributed by atoms with Crippen molar-refractivity contribution in [2.75, 3.05) is 0 Å². The molecule has 0 rings (SSSR count). The summed E-state index contributed by atoms with van der Waals surface area (Å²) in [5.41, 5.74) is 0. The summed E-state index contributed by atoms with van der Waals surface area (Å²) in [4.78, 5) is 10.5. The first-order chi connectivity index (χ1) is 5.60. The minimum atomic E-state index is -1.24. The molecule has 4 heteroatoms. The zero-order valence-electron chi connectivity index (χ0n) is 7.06. The zero-order chi connectivity index (χ0) is 9.56. The Morgan fingerprint density at radius 2 is 2.25 bits per heavy atom. The summed E-state index contributed by atoms with van der Waals surface area (Å²) in [6.45, 7) is 4.94. The van der Waals surface area contributed by atoms with E-state index >= 15 is 0 Å². The van der Waals surface area contributed by atoms with Crippen molar-refractivity contribution in [2.45, 2.75) is 32.2 Å². The SMILES string of the molecule is C=CC(=O)OC(O)CC(O)CC. The molecule has 4 nitrogen and oxygen atoms in total. The second-order valence-electron chi connectivity index (χ2n) is 2.39. The molecule has 12 heavy (non-hydrogen) atoms. The van der Waals surface area contributed by atoms with Crippen LogP contribution in [-0.2, 0) is 9.53 Å².